The van der Waals surface area contributed by atoms with Gasteiger partial charge in [-0.3, -0.25) is 0 Å². The van der Waals surface area contributed by atoms with Crippen molar-refractivity contribution >= 4 is 16.1 Å². The van der Waals surface area contributed by atoms with E-state index in [4.69, 9.17) is 9.47 Å². The van der Waals surface area contributed by atoms with Crippen molar-refractivity contribution in [3.8, 4) is 11.5 Å². The molecule has 35 heavy (non-hydrogen) atoms. The number of likely N-dealkylation sites (tertiary alicyclic amines) is 1. The zero-order chi connectivity index (χ0) is 24.6. The van der Waals surface area contributed by atoms with Gasteiger partial charge in [0.05, 0.1) is 19.3 Å². The number of hydrogen-bond acceptors (Lipinski definition) is 5. The van der Waals surface area contributed by atoms with Crippen LogP contribution in [-0.4, -0.2) is 43.2 Å². The molecule has 2 aliphatic rings. The van der Waals surface area contributed by atoms with Crippen LogP contribution in [0, 0.1) is 6.92 Å². The van der Waals surface area contributed by atoms with E-state index in [0.29, 0.717) is 35.2 Å². The lowest BCUT2D eigenvalue weighted by Gasteiger charge is -2.38. The largest absolute Gasteiger partial charge is 0.588 e. The molecule has 1 saturated heterocycles. The molecule has 0 amide bonds. The van der Waals surface area contributed by atoms with Gasteiger partial charge in [-0.15, -0.1) is 0 Å². The maximum absolute atomic E-state index is 13.9. The molecule has 0 aromatic heterocycles. The summed E-state index contributed by atoms with van der Waals surface area (Å²) in [5.41, 5.74) is 3.43. The Bertz CT molecular complexity index is 1260. The molecule has 0 saturated carbocycles. The van der Waals surface area contributed by atoms with Gasteiger partial charge in [-0.25, -0.2) is 0 Å². The summed E-state index contributed by atoms with van der Waals surface area (Å²) in [5, 5.41) is 0. The number of sulfonamides is 1. The van der Waals surface area contributed by atoms with Crippen molar-refractivity contribution in [2.45, 2.75) is 36.7 Å². The van der Waals surface area contributed by atoms with E-state index in [1.54, 1.807) is 29.6 Å². The summed E-state index contributed by atoms with van der Waals surface area (Å²) in [5.74, 6) is 1.18. The van der Waals surface area contributed by atoms with E-state index >= 15 is 0 Å². The topological polar surface area (TPSA) is 65.1 Å². The van der Waals surface area contributed by atoms with Crippen LogP contribution in [0.15, 0.2) is 71.6 Å². The maximum Gasteiger partial charge on any atom is 0.183 e. The molecule has 0 N–H and O–H groups in total. The van der Waals surface area contributed by atoms with Gasteiger partial charge in [-0.2, -0.15) is 4.31 Å². The third-order valence-corrected chi connectivity index (χ3v) is 9.08. The number of nitrogens with zero attached hydrogens (tertiary/aromatic N) is 2. The molecule has 1 spiro atoms. The first-order chi connectivity index (χ1) is 16.8. The first-order valence-electron chi connectivity index (χ1n) is 12.0. The van der Waals surface area contributed by atoms with Gasteiger partial charge in [-0.05, 0) is 74.8 Å². The van der Waals surface area contributed by atoms with Crippen molar-refractivity contribution in [2.24, 2.45) is 0 Å². The average Bonchev–Trinajstić information content (AvgIpc) is 3.18. The lowest BCUT2D eigenvalue weighted by molar-refractivity contribution is 0.198. The molecule has 0 aliphatic carbocycles. The highest BCUT2D eigenvalue weighted by atomic mass is 32.3. The molecule has 6 nitrogen and oxygen atoms in total. The normalized spacial score (nSPS) is 18.8. The molecule has 7 heteroatoms. The molecule has 184 valence electrons. The number of aryl methyl sites for hydroxylation is 1. The molecular formula is C28H32N2O4S. The van der Waals surface area contributed by atoms with Crippen molar-refractivity contribution in [3.05, 3.63) is 83.4 Å². The van der Waals surface area contributed by atoms with Crippen LogP contribution in [0.2, 0.25) is 0 Å². The summed E-state index contributed by atoms with van der Waals surface area (Å²) in [6.45, 7) is 4.56. The highest BCUT2D eigenvalue weighted by Gasteiger charge is 2.51. The average molecular weight is 493 g/mol. The van der Waals surface area contributed by atoms with Crippen LogP contribution >= 0.6 is 0 Å². The minimum atomic E-state index is -3.74. The Kier molecular flexibility index (Phi) is 6.34. The molecule has 3 aromatic rings. The van der Waals surface area contributed by atoms with Crippen LogP contribution in [0.5, 0.6) is 11.5 Å². The molecule has 0 radical (unpaired) electrons. The van der Waals surface area contributed by atoms with Crippen LogP contribution in [0.1, 0.15) is 29.5 Å². The van der Waals surface area contributed by atoms with Gasteiger partial charge >= 0.3 is 0 Å². The number of methoxy groups -OCH3 is 1. The SMILES string of the molecule is COc1cc2c(cc1OCc1ccccc1)N([S+](=O)([O-])c1cccc(C)c1)CC21CCN(C)CC1. The van der Waals surface area contributed by atoms with Crippen molar-refractivity contribution in [3.63, 3.8) is 0 Å². The molecule has 1 unspecified atom stereocenters. The number of anilines is 1. The summed E-state index contributed by atoms with van der Waals surface area (Å²) >= 11 is 0. The minimum Gasteiger partial charge on any atom is -0.588 e. The highest BCUT2D eigenvalue weighted by Crippen LogP contribution is 2.53. The first-order valence-corrected chi connectivity index (χ1v) is 13.4. The Labute approximate surface area is 208 Å². The number of hydrogen-bond donors (Lipinski definition) is 0. The van der Waals surface area contributed by atoms with Gasteiger partial charge in [0.25, 0.3) is 0 Å². The van der Waals surface area contributed by atoms with Gasteiger partial charge < -0.3 is 18.9 Å². The Balaban J connectivity index is 1.59. The monoisotopic (exact) mass is 492 g/mol. The van der Waals surface area contributed by atoms with Crippen LogP contribution in [-0.2, 0) is 26.6 Å². The molecule has 1 fully saturated rings. The first kappa shape index (κ1) is 23.9. The molecule has 2 heterocycles. The van der Waals surface area contributed by atoms with Gasteiger partial charge in [0, 0.05) is 11.5 Å². The summed E-state index contributed by atoms with van der Waals surface area (Å²) in [7, 11) is 0.00615. The fraction of sp³-hybridized carbons (Fsp3) is 0.357. The fourth-order valence-corrected chi connectivity index (χ4v) is 6.89. The highest BCUT2D eigenvalue weighted by molar-refractivity contribution is 7.99. The number of benzene rings is 3. The second-order valence-electron chi connectivity index (χ2n) is 9.71. The third-order valence-electron chi connectivity index (χ3n) is 7.33. The maximum atomic E-state index is 13.9. The van der Waals surface area contributed by atoms with E-state index in [1.807, 2.05) is 55.5 Å². The van der Waals surface area contributed by atoms with Gasteiger partial charge in [0.15, 0.2) is 26.8 Å². The predicted molar refractivity (Wildman–Crippen MR) is 138 cm³/mol. The van der Waals surface area contributed by atoms with Crippen molar-refractivity contribution in [1.82, 2.24) is 4.90 Å². The minimum absolute atomic E-state index is 0.246. The van der Waals surface area contributed by atoms with E-state index in [1.165, 1.54) is 0 Å². The zero-order valence-electron chi connectivity index (χ0n) is 20.5. The molecule has 5 rings (SSSR count). The Hall–Kier alpha value is -2.87. The molecule has 2 aliphatic heterocycles. The summed E-state index contributed by atoms with van der Waals surface area (Å²) < 4.78 is 41.3. The quantitative estimate of drug-likeness (QED) is 0.455. The van der Waals surface area contributed by atoms with Crippen LogP contribution in [0.4, 0.5) is 5.69 Å². The number of rotatable bonds is 6. The van der Waals surface area contributed by atoms with Crippen LogP contribution in [0.25, 0.3) is 0 Å². The molecule has 1 atom stereocenters. The zero-order valence-corrected chi connectivity index (χ0v) is 21.3. The Morgan fingerprint density at radius 3 is 2.43 bits per heavy atom. The second kappa shape index (κ2) is 9.30. The van der Waals surface area contributed by atoms with Gasteiger partial charge in [-0.1, -0.05) is 46.7 Å². The number of ether oxygens (including phenoxy) is 2. The second-order valence-corrected chi connectivity index (χ2v) is 11.6. The number of piperidine rings is 1. The fourth-order valence-electron chi connectivity index (χ4n) is 5.22. The van der Waals surface area contributed by atoms with E-state index in [0.717, 1.165) is 42.6 Å². The standard InChI is InChI=1S/C28H32N2O4S/c1-21-8-7-11-23(16-21)35(31,32)30-20-28(12-14-29(2)15-13-28)24-17-26(33-3)27(18-25(24)30)34-19-22-9-5-4-6-10-22/h4-11,16-18H,12-15,19-20H2,1-3H3. The van der Waals surface area contributed by atoms with E-state index in [-0.39, 0.29) is 5.41 Å². The summed E-state index contributed by atoms with van der Waals surface area (Å²) in [6, 6.07) is 20.9. The third kappa shape index (κ3) is 4.44. The van der Waals surface area contributed by atoms with Crippen LogP contribution in [0.3, 0.4) is 0 Å². The number of fused-ring (bicyclic) bond motifs is 2. The van der Waals surface area contributed by atoms with Gasteiger partial charge in [0.1, 0.15) is 6.61 Å². The van der Waals surface area contributed by atoms with Crippen LogP contribution < -0.4 is 13.8 Å². The lowest BCUT2D eigenvalue weighted by atomic mass is 9.74. The Morgan fingerprint density at radius 1 is 1.00 bits per heavy atom. The van der Waals surface area contributed by atoms with Crippen molar-refractivity contribution in [2.75, 3.05) is 38.1 Å². The Morgan fingerprint density at radius 2 is 1.74 bits per heavy atom. The predicted octanol–water partition coefficient (Wildman–Crippen LogP) is 4.97. The van der Waals surface area contributed by atoms with Crippen molar-refractivity contribution < 1.29 is 18.2 Å². The van der Waals surface area contributed by atoms with E-state index in [9.17, 15) is 8.76 Å². The molecule has 0 bridgehead atoms. The van der Waals surface area contributed by atoms with Gasteiger partial charge in [0.2, 0.25) is 0 Å². The summed E-state index contributed by atoms with van der Waals surface area (Å²) in [4.78, 5) is 2.62. The smallest absolute Gasteiger partial charge is 0.183 e. The van der Waals surface area contributed by atoms with Crippen molar-refractivity contribution in [1.29, 1.82) is 0 Å². The summed E-state index contributed by atoms with van der Waals surface area (Å²) in [6.07, 6.45) is 1.79. The van der Waals surface area contributed by atoms with E-state index < -0.39 is 10.4 Å². The van der Waals surface area contributed by atoms with E-state index in [2.05, 4.69) is 11.9 Å². The molecular weight excluding hydrogens is 460 g/mol. The lowest BCUT2D eigenvalue weighted by Crippen LogP contribution is -2.46. The molecule has 3 aromatic carbocycles.